The van der Waals surface area contributed by atoms with Gasteiger partial charge in [-0.2, -0.15) is 0 Å². The molecule has 0 saturated carbocycles. The molecule has 0 aliphatic rings. The van der Waals surface area contributed by atoms with Gasteiger partial charge in [0.25, 0.3) is 0 Å². The highest BCUT2D eigenvalue weighted by atomic mass is 16.5. The van der Waals surface area contributed by atoms with Crippen molar-refractivity contribution in [3.8, 4) is 0 Å². The fraction of sp³-hybridized carbons (Fsp3) is 0.615. The number of carbonyl (C=O) groups is 2. The molecule has 0 aromatic heterocycles. The minimum atomic E-state index is -0.376. The average Bonchev–Trinajstić information content (AvgIpc) is 2.76. The fourth-order valence-electron chi connectivity index (χ4n) is 3.53. The third-order valence-corrected chi connectivity index (χ3v) is 5.45. The maximum Gasteiger partial charge on any atom is 0.337 e. The standard InChI is InChI=1S/C26H41NO3/c1-4-5-6-7-8-9-10-11-12-13-14-15-16-17-25(28)27-22(2)23-18-20-24(21-19-23)26(29)30-3/h18-21H,2,4-17H2,1,3H3,(H,27,28). The lowest BCUT2D eigenvalue weighted by Crippen LogP contribution is -2.20. The Bertz CT molecular complexity index is 622. The van der Waals surface area contributed by atoms with Gasteiger partial charge in [-0.15, -0.1) is 0 Å². The van der Waals surface area contributed by atoms with Crippen LogP contribution < -0.4 is 5.32 Å². The van der Waals surface area contributed by atoms with Crippen LogP contribution in [0.2, 0.25) is 0 Å². The van der Waals surface area contributed by atoms with Crippen molar-refractivity contribution >= 4 is 17.6 Å². The number of unbranched alkanes of at least 4 members (excludes halogenated alkanes) is 12. The molecule has 0 spiro atoms. The molecule has 0 radical (unpaired) electrons. The summed E-state index contributed by atoms with van der Waals surface area (Å²) < 4.78 is 4.68. The molecule has 1 rings (SSSR count). The maximum absolute atomic E-state index is 12.1. The maximum atomic E-state index is 12.1. The molecule has 1 amide bonds. The van der Waals surface area contributed by atoms with Gasteiger partial charge in [-0.05, 0) is 24.1 Å². The molecule has 1 aromatic rings. The number of amides is 1. The Hall–Kier alpha value is -2.10. The highest BCUT2D eigenvalue weighted by molar-refractivity contribution is 5.90. The SMILES string of the molecule is C=C(NC(=O)CCCCCCCCCCCCCCC)c1ccc(C(=O)OC)cc1. The lowest BCUT2D eigenvalue weighted by Gasteiger charge is -2.09. The number of benzene rings is 1. The summed E-state index contributed by atoms with van der Waals surface area (Å²) in [4.78, 5) is 23.6. The van der Waals surface area contributed by atoms with Crippen molar-refractivity contribution in [3.63, 3.8) is 0 Å². The summed E-state index contributed by atoms with van der Waals surface area (Å²) in [5.74, 6) is -0.376. The molecular weight excluding hydrogens is 374 g/mol. The van der Waals surface area contributed by atoms with Crippen LogP contribution in [-0.4, -0.2) is 19.0 Å². The van der Waals surface area contributed by atoms with Gasteiger partial charge in [0.2, 0.25) is 5.91 Å². The molecule has 1 N–H and O–H groups in total. The quantitative estimate of drug-likeness (QED) is 0.219. The summed E-state index contributed by atoms with van der Waals surface area (Å²) >= 11 is 0. The van der Waals surface area contributed by atoms with Crippen LogP contribution >= 0.6 is 0 Å². The van der Waals surface area contributed by atoms with E-state index >= 15 is 0 Å². The first kappa shape index (κ1) is 25.9. The van der Waals surface area contributed by atoms with E-state index in [1.807, 2.05) is 0 Å². The second-order valence-corrected chi connectivity index (χ2v) is 8.09. The minimum absolute atomic E-state index is 0.000109. The molecule has 4 heteroatoms. The predicted molar refractivity (Wildman–Crippen MR) is 125 cm³/mol. The Labute approximate surface area is 183 Å². The molecule has 0 heterocycles. The van der Waals surface area contributed by atoms with E-state index in [1.165, 1.54) is 77.7 Å². The van der Waals surface area contributed by atoms with Crippen molar-refractivity contribution in [1.82, 2.24) is 5.32 Å². The van der Waals surface area contributed by atoms with E-state index in [1.54, 1.807) is 24.3 Å². The molecule has 0 saturated heterocycles. The summed E-state index contributed by atoms with van der Waals surface area (Å²) in [6, 6.07) is 6.87. The molecule has 0 unspecified atom stereocenters. The summed E-state index contributed by atoms with van der Waals surface area (Å²) in [5.41, 5.74) is 1.83. The molecule has 0 aliphatic heterocycles. The van der Waals surface area contributed by atoms with Gasteiger partial charge in [0.15, 0.2) is 0 Å². The molecule has 1 aromatic carbocycles. The number of rotatable bonds is 17. The normalized spacial score (nSPS) is 10.6. The predicted octanol–water partition coefficient (Wildman–Crippen LogP) is 7.04. The van der Waals surface area contributed by atoms with Crippen LogP contribution in [0.25, 0.3) is 5.70 Å². The van der Waals surface area contributed by atoms with Crippen LogP contribution in [-0.2, 0) is 9.53 Å². The van der Waals surface area contributed by atoms with Crippen molar-refractivity contribution in [1.29, 1.82) is 0 Å². The van der Waals surface area contributed by atoms with E-state index in [4.69, 9.17) is 0 Å². The summed E-state index contributed by atoms with van der Waals surface area (Å²) in [6.45, 7) is 6.19. The number of hydrogen-bond donors (Lipinski definition) is 1. The molecule has 0 atom stereocenters. The number of carbonyl (C=O) groups excluding carboxylic acids is 2. The van der Waals surface area contributed by atoms with E-state index in [0.717, 1.165) is 18.4 Å². The molecule has 0 bridgehead atoms. The van der Waals surface area contributed by atoms with E-state index in [0.29, 0.717) is 17.7 Å². The van der Waals surface area contributed by atoms with Crippen LogP contribution in [0.15, 0.2) is 30.8 Å². The summed E-state index contributed by atoms with van der Waals surface area (Å²) in [6.07, 6.45) is 17.4. The Morgan fingerprint density at radius 2 is 1.20 bits per heavy atom. The van der Waals surface area contributed by atoms with Gasteiger partial charge in [0.1, 0.15) is 0 Å². The summed E-state index contributed by atoms with van der Waals surface area (Å²) in [5, 5.41) is 2.85. The number of esters is 1. The number of ether oxygens (including phenoxy) is 1. The first-order valence-corrected chi connectivity index (χ1v) is 11.8. The lowest BCUT2D eigenvalue weighted by atomic mass is 10.0. The zero-order valence-electron chi connectivity index (χ0n) is 19.1. The first-order chi connectivity index (χ1) is 14.6. The molecule has 0 fully saturated rings. The number of methoxy groups -OCH3 is 1. The van der Waals surface area contributed by atoms with Gasteiger partial charge in [-0.3, -0.25) is 4.79 Å². The zero-order chi connectivity index (χ0) is 22.0. The number of nitrogens with one attached hydrogen (secondary N) is 1. The fourth-order valence-corrected chi connectivity index (χ4v) is 3.53. The molecular formula is C26H41NO3. The van der Waals surface area contributed by atoms with Crippen molar-refractivity contribution in [2.45, 2.75) is 96.8 Å². The average molecular weight is 416 g/mol. The molecule has 30 heavy (non-hydrogen) atoms. The van der Waals surface area contributed by atoms with E-state index in [2.05, 4.69) is 23.6 Å². The third-order valence-electron chi connectivity index (χ3n) is 5.45. The van der Waals surface area contributed by atoms with Gasteiger partial charge in [0.05, 0.1) is 12.7 Å². The van der Waals surface area contributed by atoms with Gasteiger partial charge >= 0.3 is 5.97 Å². The van der Waals surface area contributed by atoms with Crippen molar-refractivity contribution in [3.05, 3.63) is 42.0 Å². The monoisotopic (exact) mass is 415 g/mol. The van der Waals surface area contributed by atoms with Gasteiger partial charge < -0.3 is 10.1 Å². The summed E-state index contributed by atoms with van der Waals surface area (Å²) in [7, 11) is 1.35. The van der Waals surface area contributed by atoms with E-state index in [9.17, 15) is 9.59 Å². The first-order valence-electron chi connectivity index (χ1n) is 11.8. The second kappa shape index (κ2) is 16.7. The van der Waals surface area contributed by atoms with E-state index < -0.39 is 0 Å². The van der Waals surface area contributed by atoms with Crippen molar-refractivity contribution in [2.75, 3.05) is 7.11 Å². The second-order valence-electron chi connectivity index (χ2n) is 8.09. The zero-order valence-corrected chi connectivity index (χ0v) is 19.1. The van der Waals surface area contributed by atoms with Crippen LogP contribution in [0.5, 0.6) is 0 Å². The number of hydrogen-bond acceptors (Lipinski definition) is 3. The van der Waals surface area contributed by atoms with Gasteiger partial charge in [0, 0.05) is 12.1 Å². The molecule has 0 aliphatic carbocycles. The largest absolute Gasteiger partial charge is 0.465 e. The topological polar surface area (TPSA) is 55.4 Å². The highest BCUT2D eigenvalue weighted by Crippen LogP contribution is 2.14. The Morgan fingerprint density at radius 3 is 1.67 bits per heavy atom. The van der Waals surface area contributed by atoms with Gasteiger partial charge in [-0.1, -0.05) is 103 Å². The third kappa shape index (κ3) is 11.8. The van der Waals surface area contributed by atoms with Crippen molar-refractivity contribution < 1.29 is 14.3 Å². The lowest BCUT2D eigenvalue weighted by molar-refractivity contribution is -0.120. The van der Waals surface area contributed by atoms with Crippen LogP contribution in [0.1, 0.15) is 113 Å². The van der Waals surface area contributed by atoms with Crippen LogP contribution in [0.3, 0.4) is 0 Å². The Balaban J connectivity index is 2.03. The van der Waals surface area contributed by atoms with E-state index in [-0.39, 0.29) is 11.9 Å². The smallest absolute Gasteiger partial charge is 0.337 e. The Kier molecular flexibility index (Phi) is 14.4. The minimum Gasteiger partial charge on any atom is -0.465 e. The van der Waals surface area contributed by atoms with Crippen LogP contribution in [0.4, 0.5) is 0 Å². The molecule has 168 valence electrons. The van der Waals surface area contributed by atoms with Crippen molar-refractivity contribution in [2.24, 2.45) is 0 Å². The Morgan fingerprint density at radius 1 is 0.767 bits per heavy atom. The molecule has 4 nitrogen and oxygen atoms in total. The van der Waals surface area contributed by atoms with Crippen LogP contribution in [0, 0.1) is 0 Å². The van der Waals surface area contributed by atoms with Gasteiger partial charge in [-0.25, -0.2) is 4.79 Å². The highest BCUT2D eigenvalue weighted by Gasteiger charge is 2.08.